The predicted octanol–water partition coefficient (Wildman–Crippen LogP) is 4.75. The quantitative estimate of drug-likeness (QED) is 0.370. The van der Waals surface area contributed by atoms with E-state index in [1.54, 1.807) is 0 Å². The Labute approximate surface area is 193 Å². The molecule has 5 nitrogen and oxygen atoms in total. The number of carbonyl (C=O) groups is 1. The Bertz CT molecular complexity index is 1110. The van der Waals surface area contributed by atoms with Crippen LogP contribution in [0.2, 0.25) is 0 Å². The molecule has 0 atom stereocenters. The molecule has 32 heavy (non-hydrogen) atoms. The molecule has 0 saturated carbocycles. The fourth-order valence-electron chi connectivity index (χ4n) is 3.69. The maximum absolute atomic E-state index is 13.2. The van der Waals surface area contributed by atoms with E-state index in [1.165, 1.54) is 17.3 Å². The number of amides is 1. The Kier molecular flexibility index (Phi) is 7.02. The van der Waals surface area contributed by atoms with Crippen molar-refractivity contribution >= 4 is 17.7 Å². The third-order valence-electron chi connectivity index (χ3n) is 5.47. The molecule has 0 aliphatic rings. The van der Waals surface area contributed by atoms with Gasteiger partial charge in [-0.05, 0) is 16.7 Å². The summed E-state index contributed by atoms with van der Waals surface area (Å²) in [5.41, 5.74) is 3.36. The molecule has 1 heterocycles. The van der Waals surface area contributed by atoms with Crippen LogP contribution in [0.1, 0.15) is 28.6 Å². The van der Waals surface area contributed by atoms with Gasteiger partial charge in [-0.1, -0.05) is 103 Å². The number of aromatic nitrogens is 3. The molecular formula is C26H26N4OS. The Balaban J connectivity index is 1.46. The van der Waals surface area contributed by atoms with E-state index in [4.69, 9.17) is 0 Å². The van der Waals surface area contributed by atoms with Crippen LogP contribution in [0.25, 0.3) is 0 Å². The zero-order valence-corrected chi connectivity index (χ0v) is 19.1. The van der Waals surface area contributed by atoms with Crippen molar-refractivity contribution in [2.45, 2.75) is 17.6 Å². The highest BCUT2D eigenvalue weighted by Crippen LogP contribution is 2.28. The third kappa shape index (κ3) is 5.08. The standard InChI is InChI=1S/C26H26N4OS/c1-29-23(18-20-12-6-3-7-13-20)27-28-26(29)32-19-24(31)30(2)25(21-14-8-4-9-15-21)22-16-10-5-11-17-22/h3-17,25H,18-19H2,1-2H3. The van der Waals surface area contributed by atoms with E-state index < -0.39 is 0 Å². The smallest absolute Gasteiger partial charge is 0.233 e. The first-order valence-corrected chi connectivity index (χ1v) is 11.5. The normalized spacial score (nSPS) is 11.0. The Morgan fingerprint density at radius 1 is 0.875 bits per heavy atom. The maximum Gasteiger partial charge on any atom is 0.233 e. The SMILES string of the molecule is CN(C(=O)CSc1nnc(Cc2ccccc2)n1C)C(c1ccccc1)c1ccccc1. The fourth-order valence-corrected chi connectivity index (χ4v) is 4.54. The van der Waals surface area contributed by atoms with Gasteiger partial charge in [-0.3, -0.25) is 4.79 Å². The lowest BCUT2D eigenvalue weighted by Gasteiger charge is -2.29. The molecule has 0 bridgehead atoms. The van der Waals surface area contributed by atoms with Crippen molar-refractivity contribution in [1.29, 1.82) is 0 Å². The van der Waals surface area contributed by atoms with Gasteiger partial charge < -0.3 is 9.47 Å². The molecule has 162 valence electrons. The van der Waals surface area contributed by atoms with Crippen molar-refractivity contribution < 1.29 is 4.79 Å². The molecule has 0 spiro atoms. The van der Waals surface area contributed by atoms with Gasteiger partial charge in [-0.15, -0.1) is 10.2 Å². The van der Waals surface area contributed by atoms with Crippen LogP contribution in [0, 0.1) is 0 Å². The summed E-state index contributed by atoms with van der Waals surface area (Å²) in [6, 6.07) is 30.3. The van der Waals surface area contributed by atoms with Gasteiger partial charge in [0.15, 0.2) is 5.16 Å². The molecule has 6 heteroatoms. The van der Waals surface area contributed by atoms with Crippen LogP contribution in [0.3, 0.4) is 0 Å². The zero-order valence-electron chi connectivity index (χ0n) is 18.3. The van der Waals surface area contributed by atoms with Crippen LogP contribution in [-0.2, 0) is 18.3 Å². The lowest BCUT2D eigenvalue weighted by atomic mass is 9.97. The van der Waals surface area contributed by atoms with Gasteiger partial charge in [0.2, 0.25) is 5.91 Å². The first-order chi connectivity index (χ1) is 15.6. The van der Waals surface area contributed by atoms with E-state index in [1.807, 2.05) is 78.2 Å². The van der Waals surface area contributed by atoms with Crippen LogP contribution in [0.5, 0.6) is 0 Å². The van der Waals surface area contributed by atoms with Gasteiger partial charge in [0, 0.05) is 20.5 Å². The lowest BCUT2D eigenvalue weighted by molar-refractivity contribution is -0.128. The van der Waals surface area contributed by atoms with E-state index in [-0.39, 0.29) is 11.9 Å². The molecule has 4 aromatic rings. The summed E-state index contributed by atoms with van der Waals surface area (Å²) in [5, 5.41) is 9.38. The molecular weight excluding hydrogens is 416 g/mol. The average Bonchev–Trinajstić information content (AvgIpc) is 3.18. The molecule has 0 unspecified atom stereocenters. The second kappa shape index (κ2) is 10.3. The summed E-state index contributed by atoms with van der Waals surface area (Å²) in [7, 11) is 3.82. The van der Waals surface area contributed by atoms with E-state index in [0.717, 1.165) is 22.1 Å². The molecule has 0 saturated heterocycles. The van der Waals surface area contributed by atoms with Gasteiger partial charge >= 0.3 is 0 Å². The first kappa shape index (κ1) is 21.8. The summed E-state index contributed by atoms with van der Waals surface area (Å²) < 4.78 is 1.97. The average molecular weight is 443 g/mol. The summed E-state index contributed by atoms with van der Waals surface area (Å²) in [5.74, 6) is 1.22. The minimum atomic E-state index is -0.140. The largest absolute Gasteiger partial charge is 0.334 e. The van der Waals surface area contributed by atoms with E-state index in [2.05, 4.69) is 46.6 Å². The predicted molar refractivity (Wildman–Crippen MR) is 128 cm³/mol. The third-order valence-corrected chi connectivity index (χ3v) is 6.47. The van der Waals surface area contributed by atoms with Crippen LogP contribution in [0.15, 0.2) is 96.2 Å². The van der Waals surface area contributed by atoms with Crippen LogP contribution >= 0.6 is 11.8 Å². The molecule has 0 fully saturated rings. The number of thioether (sulfide) groups is 1. The van der Waals surface area contributed by atoms with Gasteiger partial charge in [-0.25, -0.2) is 0 Å². The second-order valence-corrected chi connectivity index (χ2v) is 8.58. The minimum absolute atomic E-state index is 0.0420. The number of carbonyl (C=O) groups excluding carboxylic acids is 1. The molecule has 0 N–H and O–H groups in total. The molecule has 0 aliphatic carbocycles. The molecule has 3 aromatic carbocycles. The number of hydrogen-bond acceptors (Lipinski definition) is 4. The summed E-state index contributed by atoms with van der Waals surface area (Å²) in [6.07, 6.45) is 0.711. The number of rotatable bonds is 8. The molecule has 1 aromatic heterocycles. The Morgan fingerprint density at radius 2 is 1.41 bits per heavy atom. The fraction of sp³-hybridized carbons (Fsp3) is 0.192. The Morgan fingerprint density at radius 3 is 1.97 bits per heavy atom. The Hall–Kier alpha value is -3.38. The van der Waals surface area contributed by atoms with Crippen molar-refractivity contribution in [3.8, 4) is 0 Å². The molecule has 0 radical (unpaired) electrons. The van der Waals surface area contributed by atoms with Crippen molar-refractivity contribution in [2.75, 3.05) is 12.8 Å². The molecule has 0 aliphatic heterocycles. The molecule has 1 amide bonds. The minimum Gasteiger partial charge on any atom is -0.334 e. The second-order valence-electron chi connectivity index (χ2n) is 7.64. The van der Waals surface area contributed by atoms with Crippen molar-refractivity contribution in [3.05, 3.63) is 114 Å². The van der Waals surface area contributed by atoms with Crippen LogP contribution in [-0.4, -0.2) is 38.4 Å². The summed E-state index contributed by atoms with van der Waals surface area (Å²) in [6.45, 7) is 0. The zero-order chi connectivity index (χ0) is 22.3. The highest BCUT2D eigenvalue weighted by Gasteiger charge is 2.24. The van der Waals surface area contributed by atoms with E-state index in [9.17, 15) is 4.79 Å². The topological polar surface area (TPSA) is 51.0 Å². The summed E-state index contributed by atoms with van der Waals surface area (Å²) in [4.78, 5) is 15.0. The molecule has 4 rings (SSSR count). The monoisotopic (exact) mass is 442 g/mol. The van der Waals surface area contributed by atoms with Gasteiger partial charge in [-0.2, -0.15) is 0 Å². The van der Waals surface area contributed by atoms with Crippen molar-refractivity contribution in [1.82, 2.24) is 19.7 Å². The van der Waals surface area contributed by atoms with Gasteiger partial charge in [0.1, 0.15) is 5.82 Å². The highest BCUT2D eigenvalue weighted by molar-refractivity contribution is 7.99. The number of benzene rings is 3. The van der Waals surface area contributed by atoms with Gasteiger partial charge in [0.25, 0.3) is 0 Å². The van der Waals surface area contributed by atoms with E-state index >= 15 is 0 Å². The van der Waals surface area contributed by atoms with Gasteiger partial charge in [0.05, 0.1) is 11.8 Å². The number of nitrogens with zero attached hydrogens (tertiary/aromatic N) is 4. The van der Waals surface area contributed by atoms with E-state index in [0.29, 0.717) is 12.2 Å². The van der Waals surface area contributed by atoms with Crippen LogP contribution in [0.4, 0.5) is 0 Å². The maximum atomic E-state index is 13.2. The van der Waals surface area contributed by atoms with Crippen molar-refractivity contribution in [2.24, 2.45) is 7.05 Å². The lowest BCUT2D eigenvalue weighted by Crippen LogP contribution is -2.33. The number of hydrogen-bond donors (Lipinski definition) is 0. The van der Waals surface area contributed by atoms with Crippen LogP contribution < -0.4 is 0 Å². The first-order valence-electron chi connectivity index (χ1n) is 10.5. The highest BCUT2D eigenvalue weighted by atomic mass is 32.2. The summed E-state index contributed by atoms with van der Waals surface area (Å²) >= 11 is 1.42. The van der Waals surface area contributed by atoms with Crippen molar-refractivity contribution in [3.63, 3.8) is 0 Å².